The van der Waals surface area contributed by atoms with Crippen LogP contribution in [0.3, 0.4) is 0 Å². The van der Waals surface area contributed by atoms with Gasteiger partial charge in [0.05, 0.1) is 29.3 Å². The molecule has 3 heterocycles. The van der Waals surface area contributed by atoms with Crippen molar-refractivity contribution >= 4 is 16.9 Å². The quantitative estimate of drug-likeness (QED) is 0.834. The number of aryl methyl sites for hydroxylation is 1. The molecule has 0 bridgehead atoms. The van der Waals surface area contributed by atoms with Crippen LogP contribution in [0.1, 0.15) is 62.1 Å². The second-order valence-electron chi connectivity index (χ2n) is 6.87. The summed E-state index contributed by atoms with van der Waals surface area (Å²) in [6, 6.07) is 2.14. The third kappa shape index (κ3) is 3.54. The van der Waals surface area contributed by atoms with Gasteiger partial charge in [-0.1, -0.05) is 6.92 Å². The van der Waals surface area contributed by atoms with Crippen LogP contribution in [0.2, 0.25) is 0 Å². The summed E-state index contributed by atoms with van der Waals surface area (Å²) in [6.07, 6.45) is 4.90. The van der Waals surface area contributed by atoms with E-state index < -0.39 is 0 Å². The molecule has 0 aliphatic carbocycles. The zero-order chi connectivity index (χ0) is 18.0. The highest BCUT2D eigenvalue weighted by atomic mass is 16.5. The topological polar surface area (TPSA) is 60.2 Å². The highest BCUT2D eigenvalue weighted by molar-refractivity contribution is 6.05. The number of likely N-dealkylation sites (tertiary alicyclic amines) is 1. The number of piperidine rings is 1. The molecule has 1 amide bonds. The van der Waals surface area contributed by atoms with E-state index in [1.165, 1.54) is 0 Å². The summed E-state index contributed by atoms with van der Waals surface area (Å²) in [5.74, 6) is 0.0589. The van der Waals surface area contributed by atoms with Gasteiger partial charge in [0, 0.05) is 25.4 Å². The highest BCUT2D eigenvalue weighted by Gasteiger charge is 2.27. The maximum atomic E-state index is 13.2. The average molecular weight is 344 g/mol. The van der Waals surface area contributed by atoms with Gasteiger partial charge in [0.15, 0.2) is 5.65 Å². The van der Waals surface area contributed by atoms with E-state index in [2.05, 4.69) is 23.9 Å². The average Bonchev–Trinajstić information content (AvgIpc) is 3.04. The maximum Gasteiger partial charge on any atom is 0.254 e. The molecule has 0 aromatic carbocycles. The summed E-state index contributed by atoms with van der Waals surface area (Å²) in [6.45, 7) is 10.3. The molecule has 6 heteroatoms. The van der Waals surface area contributed by atoms with Crippen molar-refractivity contribution in [1.82, 2.24) is 19.7 Å². The second-order valence-corrected chi connectivity index (χ2v) is 6.87. The third-order valence-electron chi connectivity index (χ3n) is 5.00. The number of hydrogen-bond donors (Lipinski definition) is 0. The van der Waals surface area contributed by atoms with E-state index in [1.54, 1.807) is 6.20 Å². The van der Waals surface area contributed by atoms with Crippen molar-refractivity contribution < 1.29 is 9.53 Å². The number of ether oxygens (including phenoxy) is 1. The molecule has 0 unspecified atom stereocenters. The van der Waals surface area contributed by atoms with E-state index in [0.717, 1.165) is 42.5 Å². The summed E-state index contributed by atoms with van der Waals surface area (Å²) in [5, 5.41) is 5.34. The van der Waals surface area contributed by atoms with E-state index in [0.29, 0.717) is 18.7 Å². The van der Waals surface area contributed by atoms with Gasteiger partial charge in [-0.3, -0.25) is 4.79 Å². The van der Waals surface area contributed by atoms with Crippen molar-refractivity contribution in [2.24, 2.45) is 0 Å². The van der Waals surface area contributed by atoms with E-state index in [9.17, 15) is 4.79 Å². The minimum absolute atomic E-state index is 0.0589. The van der Waals surface area contributed by atoms with Crippen LogP contribution >= 0.6 is 0 Å². The molecular weight excluding hydrogens is 316 g/mol. The molecule has 1 aliphatic rings. The van der Waals surface area contributed by atoms with E-state index in [-0.39, 0.29) is 18.1 Å². The number of hydrogen-bond acceptors (Lipinski definition) is 4. The van der Waals surface area contributed by atoms with Crippen molar-refractivity contribution in [3.05, 3.63) is 23.5 Å². The van der Waals surface area contributed by atoms with Gasteiger partial charge in [0.2, 0.25) is 0 Å². The Morgan fingerprint density at radius 3 is 2.96 bits per heavy atom. The molecular formula is C19H28N4O2. The molecule has 1 saturated heterocycles. The maximum absolute atomic E-state index is 13.2. The minimum atomic E-state index is 0.0589. The fourth-order valence-corrected chi connectivity index (χ4v) is 3.48. The van der Waals surface area contributed by atoms with Crippen LogP contribution in [0, 0.1) is 6.92 Å². The Morgan fingerprint density at radius 2 is 2.24 bits per heavy atom. The lowest BCUT2D eigenvalue weighted by Gasteiger charge is -2.32. The molecule has 1 aliphatic heterocycles. The molecule has 0 saturated carbocycles. The second kappa shape index (κ2) is 7.52. The molecule has 6 nitrogen and oxygen atoms in total. The summed E-state index contributed by atoms with van der Waals surface area (Å²) in [4.78, 5) is 19.7. The van der Waals surface area contributed by atoms with Gasteiger partial charge in [-0.15, -0.1) is 0 Å². The van der Waals surface area contributed by atoms with E-state index >= 15 is 0 Å². The fourth-order valence-electron chi connectivity index (χ4n) is 3.48. The predicted molar refractivity (Wildman–Crippen MR) is 97.8 cm³/mol. The first-order valence-corrected chi connectivity index (χ1v) is 9.30. The smallest absolute Gasteiger partial charge is 0.254 e. The van der Waals surface area contributed by atoms with Gasteiger partial charge in [0.1, 0.15) is 0 Å². The van der Waals surface area contributed by atoms with Crippen molar-refractivity contribution in [1.29, 1.82) is 0 Å². The summed E-state index contributed by atoms with van der Waals surface area (Å²) < 4.78 is 7.67. The zero-order valence-corrected chi connectivity index (χ0v) is 15.7. The van der Waals surface area contributed by atoms with Crippen molar-refractivity contribution in [3.8, 4) is 0 Å². The van der Waals surface area contributed by atoms with Crippen molar-refractivity contribution in [2.45, 2.75) is 59.1 Å². The third-order valence-corrected chi connectivity index (χ3v) is 5.00. The highest BCUT2D eigenvalue weighted by Crippen LogP contribution is 2.25. The van der Waals surface area contributed by atoms with E-state index in [1.807, 2.05) is 29.5 Å². The summed E-state index contributed by atoms with van der Waals surface area (Å²) in [7, 11) is 0. The Balaban J connectivity index is 1.95. The number of aromatic nitrogens is 3. The van der Waals surface area contributed by atoms with Crippen LogP contribution < -0.4 is 0 Å². The summed E-state index contributed by atoms with van der Waals surface area (Å²) in [5.41, 5.74) is 2.35. The molecule has 136 valence electrons. The van der Waals surface area contributed by atoms with Gasteiger partial charge in [0.25, 0.3) is 5.91 Å². The van der Waals surface area contributed by atoms with Gasteiger partial charge < -0.3 is 9.64 Å². The monoisotopic (exact) mass is 344 g/mol. The van der Waals surface area contributed by atoms with Crippen LogP contribution in [-0.2, 0) is 4.74 Å². The molecule has 2 atom stereocenters. The van der Waals surface area contributed by atoms with Crippen LogP contribution in [-0.4, -0.2) is 51.4 Å². The first kappa shape index (κ1) is 17.9. The fraction of sp³-hybridized carbons (Fsp3) is 0.632. The SMILES string of the molecule is CCO[C@H]1CCCN(C(=O)c2cc(C)nc3c2cnn3[C@H](C)CC)C1. The van der Waals surface area contributed by atoms with Gasteiger partial charge in [-0.2, -0.15) is 5.10 Å². The van der Waals surface area contributed by atoms with Gasteiger partial charge in [-0.25, -0.2) is 9.67 Å². The lowest BCUT2D eigenvalue weighted by Crippen LogP contribution is -2.43. The Kier molecular flexibility index (Phi) is 5.37. The molecule has 25 heavy (non-hydrogen) atoms. The van der Waals surface area contributed by atoms with Gasteiger partial charge >= 0.3 is 0 Å². The molecule has 0 radical (unpaired) electrons. The summed E-state index contributed by atoms with van der Waals surface area (Å²) >= 11 is 0. The largest absolute Gasteiger partial charge is 0.377 e. The lowest BCUT2D eigenvalue weighted by atomic mass is 10.1. The molecule has 0 spiro atoms. The van der Waals surface area contributed by atoms with Crippen molar-refractivity contribution in [3.63, 3.8) is 0 Å². The Morgan fingerprint density at radius 1 is 1.44 bits per heavy atom. The molecule has 1 fully saturated rings. The molecule has 0 N–H and O–H groups in total. The Bertz CT molecular complexity index is 753. The number of carbonyl (C=O) groups excluding carboxylic acids is 1. The predicted octanol–water partition coefficient (Wildman–Crippen LogP) is 3.35. The number of carbonyl (C=O) groups is 1. The van der Waals surface area contributed by atoms with E-state index in [4.69, 9.17) is 4.74 Å². The van der Waals surface area contributed by atoms with Crippen LogP contribution in [0.4, 0.5) is 0 Å². The standard InChI is InChI=1S/C19H28N4O2/c1-5-14(4)23-18-17(11-20-23)16(10-13(3)21-18)19(24)22-9-7-8-15(12-22)25-6-2/h10-11,14-15H,5-9,12H2,1-4H3/t14-,15+/m1/s1. The number of amides is 1. The minimum Gasteiger partial charge on any atom is -0.377 e. The molecule has 2 aromatic rings. The number of pyridine rings is 1. The zero-order valence-electron chi connectivity index (χ0n) is 15.7. The number of nitrogens with zero attached hydrogens (tertiary/aromatic N) is 4. The lowest BCUT2D eigenvalue weighted by molar-refractivity contribution is 0.00731. The van der Waals surface area contributed by atoms with Crippen molar-refractivity contribution in [2.75, 3.05) is 19.7 Å². The molecule has 3 rings (SSSR count). The Labute approximate surface area is 149 Å². The normalized spacial score (nSPS) is 19.4. The Hall–Kier alpha value is -1.95. The molecule has 2 aromatic heterocycles. The van der Waals surface area contributed by atoms with Crippen LogP contribution in [0.15, 0.2) is 12.3 Å². The number of fused-ring (bicyclic) bond motifs is 1. The van der Waals surface area contributed by atoms with Crippen LogP contribution in [0.25, 0.3) is 11.0 Å². The van der Waals surface area contributed by atoms with Crippen LogP contribution in [0.5, 0.6) is 0 Å². The van der Waals surface area contributed by atoms with Gasteiger partial charge in [-0.05, 0) is 46.1 Å². The first-order valence-electron chi connectivity index (χ1n) is 9.30. The first-order chi connectivity index (χ1) is 12.0. The number of rotatable bonds is 5.